The van der Waals surface area contributed by atoms with Gasteiger partial charge in [0, 0.05) is 44.9 Å². The van der Waals surface area contributed by atoms with E-state index in [1.54, 1.807) is 0 Å². The van der Waals surface area contributed by atoms with Crippen molar-refractivity contribution in [3.63, 3.8) is 0 Å². The van der Waals surface area contributed by atoms with E-state index in [2.05, 4.69) is 21.6 Å². The van der Waals surface area contributed by atoms with Gasteiger partial charge in [0.1, 0.15) is 5.82 Å². The molecule has 2 heterocycles. The van der Waals surface area contributed by atoms with Crippen LogP contribution < -0.4 is 0 Å². The fourth-order valence-electron chi connectivity index (χ4n) is 3.75. The first-order chi connectivity index (χ1) is 11.3. The second-order valence-electron chi connectivity index (χ2n) is 6.60. The highest BCUT2D eigenvalue weighted by atomic mass is 32.2. The van der Waals surface area contributed by atoms with E-state index in [4.69, 9.17) is 0 Å². The predicted octanol–water partition coefficient (Wildman–Crippen LogP) is 2.59. The summed E-state index contributed by atoms with van der Waals surface area (Å²) < 4.78 is 13.1. The number of halogens is 1. The Kier molecular flexibility index (Phi) is 6.34. The molecule has 2 aliphatic rings. The smallest absolute Gasteiger partial charge is 0.123 e. The van der Waals surface area contributed by atoms with Gasteiger partial charge in [0.05, 0.1) is 0 Å². The van der Waals surface area contributed by atoms with E-state index in [-0.39, 0.29) is 12.4 Å². The van der Waals surface area contributed by atoms with Crippen molar-refractivity contribution in [2.75, 3.05) is 37.7 Å². The highest BCUT2D eigenvalue weighted by Gasteiger charge is 2.31. The van der Waals surface area contributed by atoms with Crippen molar-refractivity contribution in [3.8, 4) is 0 Å². The third kappa shape index (κ3) is 4.69. The van der Waals surface area contributed by atoms with Crippen molar-refractivity contribution >= 4 is 11.8 Å². The van der Waals surface area contributed by atoms with Crippen molar-refractivity contribution < 1.29 is 9.50 Å². The minimum absolute atomic E-state index is 0.180. The number of nitrogens with zero attached hydrogens (tertiary/aromatic N) is 2. The summed E-state index contributed by atoms with van der Waals surface area (Å²) in [6.45, 7) is 4.28. The van der Waals surface area contributed by atoms with Crippen LogP contribution in [0.25, 0.3) is 0 Å². The quantitative estimate of drug-likeness (QED) is 0.893. The molecule has 128 valence electrons. The summed E-state index contributed by atoms with van der Waals surface area (Å²) in [6, 6.07) is 7.93. The van der Waals surface area contributed by atoms with Crippen LogP contribution in [0.1, 0.15) is 24.8 Å². The van der Waals surface area contributed by atoms with Crippen molar-refractivity contribution in [1.82, 2.24) is 9.80 Å². The van der Waals surface area contributed by atoms with Crippen molar-refractivity contribution in [2.24, 2.45) is 0 Å². The highest BCUT2D eigenvalue weighted by molar-refractivity contribution is 7.99. The van der Waals surface area contributed by atoms with Gasteiger partial charge in [0.15, 0.2) is 0 Å². The Hall–Kier alpha value is -0.620. The molecular weight excluding hydrogens is 311 g/mol. The summed E-state index contributed by atoms with van der Waals surface area (Å²) in [6.07, 6.45) is 3.42. The zero-order valence-electron chi connectivity index (χ0n) is 13.7. The molecule has 2 aliphatic heterocycles. The zero-order chi connectivity index (χ0) is 16.1. The number of thioether (sulfide) groups is 1. The molecule has 2 saturated heterocycles. The molecule has 1 aromatic carbocycles. The maximum Gasteiger partial charge on any atom is 0.123 e. The molecule has 0 aromatic heterocycles. The van der Waals surface area contributed by atoms with Crippen LogP contribution in [-0.4, -0.2) is 64.7 Å². The summed E-state index contributed by atoms with van der Waals surface area (Å²) in [5, 5.41) is 9.44. The number of piperazine rings is 1. The van der Waals surface area contributed by atoms with Crippen LogP contribution in [0, 0.1) is 5.82 Å². The number of aliphatic hydroxyl groups is 1. The third-order valence-corrected chi connectivity index (χ3v) is 6.15. The molecule has 1 atom stereocenters. The SMILES string of the molecule is OCC[C@@H]1CN(C2CCSCC2)CCN1Cc1ccc(F)cc1. The van der Waals surface area contributed by atoms with E-state index >= 15 is 0 Å². The Morgan fingerprint density at radius 3 is 2.57 bits per heavy atom. The van der Waals surface area contributed by atoms with E-state index in [0.717, 1.165) is 44.2 Å². The van der Waals surface area contributed by atoms with E-state index < -0.39 is 0 Å². The van der Waals surface area contributed by atoms with Crippen LogP contribution in [0.3, 0.4) is 0 Å². The number of hydrogen-bond donors (Lipinski definition) is 1. The number of aliphatic hydroxyl groups excluding tert-OH is 1. The second-order valence-corrected chi connectivity index (χ2v) is 7.83. The second kappa shape index (κ2) is 8.47. The van der Waals surface area contributed by atoms with Crippen molar-refractivity contribution in [2.45, 2.75) is 37.9 Å². The Morgan fingerprint density at radius 2 is 1.87 bits per heavy atom. The molecule has 5 heteroatoms. The minimum atomic E-state index is -0.180. The summed E-state index contributed by atoms with van der Waals surface area (Å²) >= 11 is 2.07. The average Bonchev–Trinajstić information content (AvgIpc) is 2.59. The summed E-state index contributed by atoms with van der Waals surface area (Å²) in [5.41, 5.74) is 1.15. The van der Waals surface area contributed by atoms with E-state index in [9.17, 15) is 9.50 Å². The monoisotopic (exact) mass is 338 g/mol. The molecule has 3 nitrogen and oxygen atoms in total. The lowest BCUT2D eigenvalue weighted by Gasteiger charge is -2.45. The van der Waals surface area contributed by atoms with Gasteiger partial charge in [-0.25, -0.2) is 4.39 Å². The van der Waals surface area contributed by atoms with Gasteiger partial charge in [-0.3, -0.25) is 9.80 Å². The predicted molar refractivity (Wildman–Crippen MR) is 94.2 cm³/mol. The maximum atomic E-state index is 13.1. The Morgan fingerprint density at radius 1 is 1.13 bits per heavy atom. The highest BCUT2D eigenvalue weighted by Crippen LogP contribution is 2.25. The third-order valence-electron chi connectivity index (χ3n) is 5.10. The van der Waals surface area contributed by atoms with E-state index in [0.29, 0.717) is 6.04 Å². The molecule has 0 bridgehead atoms. The average molecular weight is 338 g/mol. The first-order valence-corrected chi connectivity index (χ1v) is 9.83. The van der Waals surface area contributed by atoms with Gasteiger partial charge in [-0.2, -0.15) is 11.8 Å². The molecule has 0 radical (unpaired) electrons. The molecule has 3 rings (SSSR count). The molecule has 1 N–H and O–H groups in total. The summed E-state index contributed by atoms with van der Waals surface area (Å²) in [4.78, 5) is 5.10. The maximum absolute atomic E-state index is 13.1. The van der Waals surface area contributed by atoms with Crippen molar-refractivity contribution in [1.29, 1.82) is 0 Å². The van der Waals surface area contributed by atoms with Gasteiger partial charge in [0.25, 0.3) is 0 Å². The Labute approximate surface area is 142 Å². The number of rotatable bonds is 5. The first-order valence-electron chi connectivity index (χ1n) is 8.67. The molecule has 1 aromatic rings. The van der Waals surface area contributed by atoms with Crippen LogP contribution in [0.2, 0.25) is 0 Å². The molecule has 0 amide bonds. The van der Waals surface area contributed by atoms with Crippen LogP contribution in [-0.2, 0) is 6.54 Å². The van der Waals surface area contributed by atoms with Gasteiger partial charge in [-0.1, -0.05) is 12.1 Å². The Bertz CT molecular complexity index is 478. The number of benzene rings is 1. The molecule has 0 unspecified atom stereocenters. The molecule has 0 aliphatic carbocycles. The van der Waals surface area contributed by atoms with Gasteiger partial charge in [-0.05, 0) is 48.5 Å². The van der Waals surface area contributed by atoms with Gasteiger partial charge < -0.3 is 5.11 Å². The van der Waals surface area contributed by atoms with E-state index in [1.807, 2.05) is 12.1 Å². The van der Waals surface area contributed by atoms with E-state index in [1.165, 1.54) is 36.5 Å². The van der Waals surface area contributed by atoms with Gasteiger partial charge in [-0.15, -0.1) is 0 Å². The lowest BCUT2D eigenvalue weighted by atomic mass is 10.0. The largest absolute Gasteiger partial charge is 0.396 e. The first kappa shape index (κ1) is 17.2. The molecular formula is C18H27FN2OS. The van der Waals surface area contributed by atoms with Gasteiger partial charge >= 0.3 is 0 Å². The molecule has 2 fully saturated rings. The van der Waals surface area contributed by atoms with Crippen molar-refractivity contribution in [3.05, 3.63) is 35.6 Å². The lowest BCUT2D eigenvalue weighted by Crippen LogP contribution is -2.56. The number of hydrogen-bond acceptors (Lipinski definition) is 4. The minimum Gasteiger partial charge on any atom is -0.396 e. The zero-order valence-corrected chi connectivity index (χ0v) is 14.5. The van der Waals surface area contributed by atoms with Gasteiger partial charge in [0.2, 0.25) is 0 Å². The summed E-state index contributed by atoms with van der Waals surface area (Å²) in [7, 11) is 0. The fraction of sp³-hybridized carbons (Fsp3) is 0.667. The Balaban J connectivity index is 1.61. The molecule has 0 spiro atoms. The normalized spacial score (nSPS) is 24.9. The fourth-order valence-corrected chi connectivity index (χ4v) is 4.84. The topological polar surface area (TPSA) is 26.7 Å². The van der Waals surface area contributed by atoms with Crippen LogP contribution in [0.5, 0.6) is 0 Å². The van der Waals surface area contributed by atoms with Crippen LogP contribution in [0.4, 0.5) is 4.39 Å². The lowest BCUT2D eigenvalue weighted by molar-refractivity contribution is 0.0292. The van der Waals surface area contributed by atoms with Crippen LogP contribution in [0.15, 0.2) is 24.3 Å². The molecule has 23 heavy (non-hydrogen) atoms. The summed E-state index contributed by atoms with van der Waals surface area (Å²) in [5.74, 6) is 2.39. The van der Waals surface area contributed by atoms with Crippen LogP contribution >= 0.6 is 11.8 Å². The standard InChI is InChI=1S/C18H27FN2OS/c19-16-3-1-15(2-4-16)13-20-8-9-21(14-18(20)5-10-22)17-6-11-23-12-7-17/h1-4,17-18,22H,5-14H2/t18-/m1/s1. The molecule has 0 saturated carbocycles.